The van der Waals surface area contributed by atoms with Gasteiger partial charge in [-0.15, -0.1) is 0 Å². The van der Waals surface area contributed by atoms with Crippen molar-refractivity contribution in [2.45, 2.75) is 37.1 Å². The molecule has 1 atom stereocenters. The molecule has 3 N–H and O–H groups in total. The molecule has 1 aliphatic heterocycles. The van der Waals surface area contributed by atoms with Crippen LogP contribution in [0.1, 0.15) is 41.6 Å². The highest BCUT2D eigenvalue weighted by atomic mass is 32.2. The summed E-state index contributed by atoms with van der Waals surface area (Å²) in [6.07, 6.45) is 3.73. The number of hydrogen-bond donors (Lipinski definition) is 3. The minimum atomic E-state index is -3.68. The Kier molecular flexibility index (Phi) is 8.00. The molecule has 1 saturated heterocycles. The van der Waals surface area contributed by atoms with E-state index in [4.69, 9.17) is 0 Å². The molecule has 4 rings (SSSR count). The highest BCUT2D eigenvalue weighted by Crippen LogP contribution is 2.24. The van der Waals surface area contributed by atoms with Crippen LogP contribution < -0.4 is 15.8 Å². The smallest absolute Gasteiger partial charge is 0.252 e. The second kappa shape index (κ2) is 11.2. The molecule has 1 unspecified atom stereocenters. The first-order valence-corrected chi connectivity index (χ1v) is 13.6. The molecule has 3 aromatic rings. The number of rotatable bonds is 8. The molecule has 2 aromatic carbocycles. The number of benzene rings is 2. The van der Waals surface area contributed by atoms with Crippen molar-refractivity contribution in [1.82, 2.24) is 14.6 Å². The molecule has 1 amide bonds. The van der Waals surface area contributed by atoms with E-state index in [2.05, 4.69) is 29.5 Å². The maximum atomic E-state index is 13.3. The standard InChI is InChI=1S/C26H32N4O4S/c1-29(19-20-9-5-4-6-10-20)16-13-27-26(32)23-18-25(31)28-24-12-11-21(17-22(23)24)35(33,34)30-14-7-2-3-8-15-30/h4-6,9-12,17-18H,2-3,7-8,13-16,19H2,1H3,(H,27,32)(H,28,31)/p+1. The van der Waals surface area contributed by atoms with Crippen molar-refractivity contribution in [3.8, 4) is 0 Å². The van der Waals surface area contributed by atoms with Crippen LogP contribution in [0.25, 0.3) is 10.9 Å². The summed E-state index contributed by atoms with van der Waals surface area (Å²) < 4.78 is 28.1. The molecule has 0 aliphatic carbocycles. The zero-order valence-corrected chi connectivity index (χ0v) is 20.9. The van der Waals surface area contributed by atoms with Crippen molar-refractivity contribution in [2.75, 3.05) is 33.2 Å². The highest BCUT2D eigenvalue weighted by molar-refractivity contribution is 7.89. The van der Waals surface area contributed by atoms with Crippen LogP contribution in [0.4, 0.5) is 0 Å². The van der Waals surface area contributed by atoms with Crippen molar-refractivity contribution in [3.63, 3.8) is 0 Å². The van der Waals surface area contributed by atoms with Gasteiger partial charge in [-0.25, -0.2) is 8.42 Å². The Balaban J connectivity index is 1.51. The first-order valence-electron chi connectivity index (χ1n) is 12.2. The molecule has 0 radical (unpaired) electrons. The SMILES string of the molecule is C[NH+](CCNC(=O)c1cc(=O)[nH]c2ccc(S(=O)(=O)N3CCCCCC3)cc12)Cc1ccccc1. The van der Waals surface area contributed by atoms with Crippen LogP contribution in [0.5, 0.6) is 0 Å². The monoisotopic (exact) mass is 497 g/mol. The Bertz CT molecular complexity index is 1330. The summed E-state index contributed by atoms with van der Waals surface area (Å²) in [4.78, 5) is 29.3. The Morgan fingerprint density at radius 3 is 2.46 bits per heavy atom. The van der Waals surface area contributed by atoms with Gasteiger partial charge >= 0.3 is 0 Å². The van der Waals surface area contributed by atoms with Crippen LogP contribution in [-0.2, 0) is 16.6 Å². The van der Waals surface area contributed by atoms with E-state index < -0.39 is 21.5 Å². The molecule has 2 heterocycles. The number of amides is 1. The lowest BCUT2D eigenvalue weighted by atomic mass is 10.1. The van der Waals surface area contributed by atoms with E-state index >= 15 is 0 Å². The second-order valence-corrected chi connectivity index (χ2v) is 11.1. The summed E-state index contributed by atoms with van der Waals surface area (Å²) >= 11 is 0. The number of aromatic amines is 1. The van der Waals surface area contributed by atoms with Crippen LogP contribution in [-0.4, -0.2) is 56.8 Å². The van der Waals surface area contributed by atoms with E-state index in [0.29, 0.717) is 37.1 Å². The summed E-state index contributed by atoms with van der Waals surface area (Å²) in [5, 5.41) is 3.31. The fourth-order valence-corrected chi connectivity index (χ4v) is 6.07. The topological polar surface area (TPSA) is 104 Å². The van der Waals surface area contributed by atoms with Gasteiger partial charge < -0.3 is 15.2 Å². The van der Waals surface area contributed by atoms with Gasteiger partial charge in [0.15, 0.2) is 0 Å². The summed E-state index contributed by atoms with van der Waals surface area (Å²) in [6, 6.07) is 15.9. The van der Waals surface area contributed by atoms with Crippen LogP contribution in [0.3, 0.4) is 0 Å². The third-order valence-corrected chi connectivity index (χ3v) is 8.34. The molecule has 186 valence electrons. The summed E-state index contributed by atoms with van der Waals surface area (Å²) in [6.45, 7) is 2.96. The number of aromatic nitrogens is 1. The van der Waals surface area contributed by atoms with Gasteiger partial charge in [0.05, 0.1) is 30.6 Å². The number of carbonyl (C=O) groups is 1. The van der Waals surface area contributed by atoms with Crippen molar-refractivity contribution in [1.29, 1.82) is 0 Å². The molecule has 35 heavy (non-hydrogen) atoms. The number of carbonyl (C=O) groups excluding carboxylic acids is 1. The van der Waals surface area contributed by atoms with Crippen LogP contribution in [0, 0.1) is 0 Å². The average molecular weight is 498 g/mol. The third kappa shape index (κ3) is 6.17. The third-order valence-electron chi connectivity index (χ3n) is 6.45. The van der Waals surface area contributed by atoms with Crippen LogP contribution in [0.15, 0.2) is 64.3 Å². The number of sulfonamides is 1. The lowest BCUT2D eigenvalue weighted by Crippen LogP contribution is -3.08. The number of nitrogens with one attached hydrogen (secondary N) is 3. The van der Waals surface area contributed by atoms with Gasteiger partial charge in [-0.05, 0) is 31.0 Å². The highest BCUT2D eigenvalue weighted by Gasteiger charge is 2.26. The van der Waals surface area contributed by atoms with Crippen molar-refractivity contribution in [2.24, 2.45) is 0 Å². The zero-order valence-electron chi connectivity index (χ0n) is 20.0. The number of H-pyrrole nitrogens is 1. The summed E-state index contributed by atoms with van der Waals surface area (Å²) in [5.74, 6) is -0.391. The first kappa shape index (κ1) is 25.1. The number of fused-ring (bicyclic) bond motifs is 1. The van der Waals surface area contributed by atoms with Crippen molar-refractivity contribution < 1.29 is 18.1 Å². The molecule has 0 saturated carbocycles. The summed E-state index contributed by atoms with van der Waals surface area (Å²) in [5.41, 5.74) is 1.43. The fourth-order valence-electron chi connectivity index (χ4n) is 4.53. The van der Waals surface area contributed by atoms with E-state index in [1.54, 1.807) is 6.07 Å². The Morgan fingerprint density at radius 2 is 1.74 bits per heavy atom. The van der Waals surface area contributed by atoms with Gasteiger partial charge in [-0.2, -0.15) is 4.31 Å². The fraction of sp³-hybridized carbons (Fsp3) is 0.385. The molecule has 0 bridgehead atoms. The Labute approximate surface area is 206 Å². The van der Waals surface area contributed by atoms with Crippen molar-refractivity contribution in [3.05, 3.63) is 76.1 Å². The Hall–Kier alpha value is -3.01. The van der Waals surface area contributed by atoms with Gasteiger partial charge in [-0.1, -0.05) is 43.2 Å². The zero-order chi connectivity index (χ0) is 24.8. The van der Waals surface area contributed by atoms with E-state index in [1.165, 1.54) is 33.0 Å². The second-order valence-electron chi connectivity index (χ2n) is 9.20. The quantitative estimate of drug-likeness (QED) is 0.439. The largest absolute Gasteiger partial charge is 0.346 e. The average Bonchev–Trinajstić information content (AvgIpc) is 3.14. The van der Waals surface area contributed by atoms with E-state index in [9.17, 15) is 18.0 Å². The lowest BCUT2D eigenvalue weighted by Gasteiger charge is -2.20. The van der Waals surface area contributed by atoms with E-state index in [0.717, 1.165) is 32.2 Å². The molecular weight excluding hydrogens is 464 g/mol. The first-order chi connectivity index (χ1) is 16.8. The molecule has 8 nitrogen and oxygen atoms in total. The molecule has 1 aromatic heterocycles. The maximum absolute atomic E-state index is 13.3. The lowest BCUT2D eigenvalue weighted by molar-refractivity contribution is -0.892. The molecule has 0 spiro atoms. The van der Waals surface area contributed by atoms with E-state index in [-0.39, 0.29) is 10.5 Å². The minimum absolute atomic E-state index is 0.139. The normalized spacial score (nSPS) is 16.0. The number of likely N-dealkylation sites (N-methyl/N-ethyl adjacent to an activating group) is 1. The van der Waals surface area contributed by atoms with Gasteiger partial charge in [0, 0.05) is 35.6 Å². The molecule has 9 heteroatoms. The van der Waals surface area contributed by atoms with Gasteiger partial charge in [0.2, 0.25) is 15.6 Å². The summed E-state index contributed by atoms with van der Waals surface area (Å²) in [7, 11) is -1.62. The maximum Gasteiger partial charge on any atom is 0.252 e. The van der Waals surface area contributed by atoms with Gasteiger partial charge in [-0.3, -0.25) is 9.59 Å². The minimum Gasteiger partial charge on any atom is -0.346 e. The van der Waals surface area contributed by atoms with Crippen LogP contribution >= 0.6 is 0 Å². The van der Waals surface area contributed by atoms with Gasteiger partial charge in [0.25, 0.3) is 5.91 Å². The van der Waals surface area contributed by atoms with Gasteiger partial charge in [0.1, 0.15) is 6.54 Å². The predicted octanol–water partition coefficient (Wildman–Crippen LogP) is 1.54. The number of quaternary nitrogens is 1. The number of nitrogens with zero attached hydrogens (tertiary/aromatic N) is 1. The number of hydrogen-bond acceptors (Lipinski definition) is 4. The molecular formula is C26H33N4O4S+. The van der Waals surface area contributed by atoms with Crippen molar-refractivity contribution >= 4 is 26.8 Å². The van der Waals surface area contributed by atoms with E-state index in [1.807, 2.05) is 18.2 Å². The molecule has 1 aliphatic rings. The number of pyridine rings is 1. The van der Waals surface area contributed by atoms with Crippen LogP contribution in [0.2, 0.25) is 0 Å². The molecule has 1 fully saturated rings. The predicted molar refractivity (Wildman–Crippen MR) is 136 cm³/mol. The Morgan fingerprint density at radius 1 is 1.03 bits per heavy atom.